The molecular formula is C21H24N4O3S. The summed E-state index contributed by atoms with van der Waals surface area (Å²) in [5.41, 5.74) is 2.64. The Labute approximate surface area is 170 Å². The van der Waals surface area contributed by atoms with Gasteiger partial charge in [-0.1, -0.05) is 30.3 Å². The van der Waals surface area contributed by atoms with Crippen LogP contribution in [0.5, 0.6) is 0 Å². The third-order valence-corrected chi connectivity index (χ3v) is 5.95. The number of nitrogens with zero attached hydrogens (tertiary/aromatic N) is 4. The molecular weight excluding hydrogens is 388 g/mol. The molecule has 8 heteroatoms. The Balaban J connectivity index is 1.50. The van der Waals surface area contributed by atoms with Crippen molar-refractivity contribution in [2.45, 2.75) is 12.3 Å². The average Bonchev–Trinajstić information content (AvgIpc) is 3.04. The third-order valence-electron chi connectivity index (χ3n) is 5.17. The molecule has 0 atom stereocenters. The molecule has 1 amide bonds. The van der Waals surface area contributed by atoms with Crippen LogP contribution >= 0.6 is 0 Å². The van der Waals surface area contributed by atoms with E-state index in [1.807, 2.05) is 47.4 Å². The molecule has 3 aromatic rings. The average molecular weight is 413 g/mol. The van der Waals surface area contributed by atoms with E-state index in [0.29, 0.717) is 24.4 Å². The summed E-state index contributed by atoms with van der Waals surface area (Å²) in [7, 11) is -3.26. The largest absolute Gasteiger partial charge is 0.368 e. The van der Waals surface area contributed by atoms with Crippen LogP contribution in [0.3, 0.4) is 0 Å². The van der Waals surface area contributed by atoms with Crippen molar-refractivity contribution < 1.29 is 13.2 Å². The van der Waals surface area contributed by atoms with Gasteiger partial charge in [-0.2, -0.15) is 0 Å². The van der Waals surface area contributed by atoms with E-state index in [-0.39, 0.29) is 18.2 Å². The summed E-state index contributed by atoms with van der Waals surface area (Å²) < 4.78 is 25.4. The predicted octanol–water partition coefficient (Wildman–Crippen LogP) is 1.93. The minimum Gasteiger partial charge on any atom is -0.368 e. The second-order valence-corrected chi connectivity index (χ2v) is 9.52. The highest BCUT2D eigenvalue weighted by Gasteiger charge is 2.23. The number of hydrogen-bond acceptors (Lipinski definition) is 5. The lowest BCUT2D eigenvalue weighted by Crippen LogP contribution is -2.49. The molecule has 1 fully saturated rings. The fraction of sp³-hybridized carbons (Fsp3) is 0.333. The van der Waals surface area contributed by atoms with E-state index in [2.05, 4.69) is 22.0 Å². The molecule has 1 aromatic heterocycles. The monoisotopic (exact) mass is 412 g/mol. The van der Waals surface area contributed by atoms with Gasteiger partial charge in [0.1, 0.15) is 18.1 Å². The fourth-order valence-corrected chi connectivity index (χ4v) is 4.42. The zero-order chi connectivity index (χ0) is 20.4. The van der Waals surface area contributed by atoms with Gasteiger partial charge >= 0.3 is 0 Å². The van der Waals surface area contributed by atoms with Crippen molar-refractivity contribution in [3.63, 3.8) is 0 Å². The number of imidazole rings is 1. The molecule has 0 bridgehead atoms. The van der Waals surface area contributed by atoms with Gasteiger partial charge in [-0.3, -0.25) is 4.79 Å². The van der Waals surface area contributed by atoms with Crippen molar-refractivity contribution >= 4 is 32.5 Å². The number of hydrogen-bond donors (Lipinski definition) is 0. The summed E-state index contributed by atoms with van der Waals surface area (Å²) in [5.74, 6) is 0.206. The number of benzene rings is 2. The molecule has 0 unspecified atom stereocenters. The maximum Gasteiger partial charge on any atom is 0.242 e. The molecule has 1 saturated heterocycles. The van der Waals surface area contributed by atoms with Gasteiger partial charge in [0.25, 0.3) is 0 Å². The van der Waals surface area contributed by atoms with E-state index in [1.54, 1.807) is 4.57 Å². The van der Waals surface area contributed by atoms with Gasteiger partial charge in [0.2, 0.25) is 5.91 Å². The van der Waals surface area contributed by atoms with Crippen LogP contribution in [0.15, 0.2) is 54.6 Å². The minimum atomic E-state index is -3.26. The SMILES string of the molecule is CS(=O)(=O)Cc1nc2ccccc2n1CC(=O)N1CCN(c2ccccc2)CC1. The molecule has 0 aliphatic carbocycles. The Morgan fingerprint density at radius 3 is 2.31 bits per heavy atom. The number of amides is 1. The molecule has 152 valence electrons. The first kappa shape index (κ1) is 19.4. The van der Waals surface area contributed by atoms with Crippen LogP contribution in [0.1, 0.15) is 5.82 Å². The van der Waals surface area contributed by atoms with Crippen LogP contribution in [0, 0.1) is 0 Å². The highest BCUT2D eigenvalue weighted by Crippen LogP contribution is 2.19. The first-order chi connectivity index (χ1) is 13.9. The maximum absolute atomic E-state index is 13.0. The molecule has 1 aliphatic heterocycles. The van der Waals surface area contributed by atoms with Crippen LogP contribution in [-0.4, -0.2) is 61.2 Å². The number of aromatic nitrogens is 2. The quantitative estimate of drug-likeness (QED) is 0.640. The molecule has 0 saturated carbocycles. The number of fused-ring (bicyclic) bond motifs is 1. The smallest absolute Gasteiger partial charge is 0.242 e. The molecule has 2 heterocycles. The van der Waals surface area contributed by atoms with E-state index in [4.69, 9.17) is 0 Å². The molecule has 7 nitrogen and oxygen atoms in total. The summed E-state index contributed by atoms with van der Waals surface area (Å²) in [6, 6.07) is 17.6. The van der Waals surface area contributed by atoms with E-state index in [9.17, 15) is 13.2 Å². The number of carbonyl (C=O) groups is 1. The standard InChI is InChI=1S/C21H24N4O3S/c1-29(27,28)16-20-22-18-9-5-6-10-19(18)25(20)15-21(26)24-13-11-23(12-14-24)17-7-3-2-4-8-17/h2-10H,11-16H2,1H3. The second-order valence-electron chi connectivity index (χ2n) is 7.38. The number of anilines is 1. The second kappa shape index (κ2) is 7.87. The van der Waals surface area contributed by atoms with E-state index < -0.39 is 9.84 Å². The van der Waals surface area contributed by atoms with Crippen molar-refractivity contribution in [1.82, 2.24) is 14.5 Å². The van der Waals surface area contributed by atoms with Crippen molar-refractivity contribution in [2.75, 3.05) is 37.3 Å². The van der Waals surface area contributed by atoms with Gasteiger partial charge in [-0.15, -0.1) is 0 Å². The summed E-state index contributed by atoms with van der Waals surface area (Å²) in [4.78, 5) is 21.5. The van der Waals surface area contributed by atoms with Gasteiger partial charge in [0, 0.05) is 38.1 Å². The molecule has 0 spiro atoms. The number of rotatable bonds is 5. The Morgan fingerprint density at radius 2 is 1.62 bits per heavy atom. The van der Waals surface area contributed by atoms with Crippen LogP contribution < -0.4 is 4.90 Å². The van der Waals surface area contributed by atoms with Gasteiger partial charge in [-0.05, 0) is 24.3 Å². The number of carbonyl (C=O) groups excluding carboxylic acids is 1. The lowest BCUT2D eigenvalue weighted by molar-refractivity contribution is -0.132. The predicted molar refractivity (Wildman–Crippen MR) is 114 cm³/mol. The summed E-state index contributed by atoms with van der Waals surface area (Å²) in [6.07, 6.45) is 1.18. The summed E-state index contributed by atoms with van der Waals surface area (Å²) in [5, 5.41) is 0. The molecule has 0 radical (unpaired) electrons. The Bertz CT molecular complexity index is 1120. The van der Waals surface area contributed by atoms with Crippen molar-refractivity contribution in [3.8, 4) is 0 Å². The van der Waals surface area contributed by atoms with Crippen LogP contribution in [0.4, 0.5) is 5.69 Å². The molecule has 29 heavy (non-hydrogen) atoms. The Morgan fingerprint density at radius 1 is 0.966 bits per heavy atom. The fourth-order valence-electron chi connectivity index (χ4n) is 3.73. The summed E-state index contributed by atoms with van der Waals surface area (Å²) in [6.45, 7) is 2.92. The molecule has 0 N–H and O–H groups in total. The van der Waals surface area contributed by atoms with E-state index in [0.717, 1.165) is 24.3 Å². The normalized spacial score (nSPS) is 15.1. The van der Waals surface area contributed by atoms with Crippen LogP contribution in [0.2, 0.25) is 0 Å². The molecule has 4 rings (SSSR count). The van der Waals surface area contributed by atoms with Crippen molar-refractivity contribution in [1.29, 1.82) is 0 Å². The lowest BCUT2D eigenvalue weighted by Gasteiger charge is -2.36. The Kier molecular flexibility index (Phi) is 5.27. The van der Waals surface area contributed by atoms with Crippen molar-refractivity contribution in [2.24, 2.45) is 0 Å². The van der Waals surface area contributed by atoms with Gasteiger partial charge in [0.15, 0.2) is 9.84 Å². The van der Waals surface area contributed by atoms with Crippen molar-refractivity contribution in [3.05, 3.63) is 60.4 Å². The van der Waals surface area contributed by atoms with Gasteiger partial charge in [-0.25, -0.2) is 13.4 Å². The minimum absolute atomic E-state index is 0.0179. The first-order valence-electron chi connectivity index (χ1n) is 9.60. The Hall–Kier alpha value is -2.87. The zero-order valence-corrected chi connectivity index (χ0v) is 17.2. The van der Waals surface area contributed by atoms with E-state index >= 15 is 0 Å². The van der Waals surface area contributed by atoms with Crippen LogP contribution in [0.25, 0.3) is 11.0 Å². The zero-order valence-electron chi connectivity index (χ0n) is 16.4. The summed E-state index contributed by atoms with van der Waals surface area (Å²) >= 11 is 0. The molecule has 2 aromatic carbocycles. The molecule has 1 aliphatic rings. The maximum atomic E-state index is 13.0. The van der Waals surface area contributed by atoms with Gasteiger partial charge in [0.05, 0.1) is 11.0 Å². The highest BCUT2D eigenvalue weighted by atomic mass is 32.2. The van der Waals surface area contributed by atoms with Crippen LogP contribution in [-0.2, 0) is 26.9 Å². The number of piperazine rings is 1. The third kappa shape index (κ3) is 4.42. The number of para-hydroxylation sites is 3. The van der Waals surface area contributed by atoms with E-state index in [1.165, 1.54) is 6.26 Å². The van der Waals surface area contributed by atoms with Gasteiger partial charge < -0.3 is 14.4 Å². The first-order valence-corrected chi connectivity index (χ1v) is 11.7. The highest BCUT2D eigenvalue weighted by molar-refractivity contribution is 7.89. The number of sulfone groups is 1. The topological polar surface area (TPSA) is 75.5 Å². The lowest BCUT2D eigenvalue weighted by atomic mass is 10.2.